The van der Waals surface area contributed by atoms with Gasteiger partial charge in [-0.25, -0.2) is 4.79 Å². The lowest BCUT2D eigenvalue weighted by Gasteiger charge is -2.22. The van der Waals surface area contributed by atoms with Crippen LogP contribution in [0.5, 0.6) is 0 Å². The first kappa shape index (κ1) is 21.1. The zero-order chi connectivity index (χ0) is 18.5. The highest BCUT2D eigenvalue weighted by Crippen LogP contribution is 2.08. The number of carbonyl (C=O) groups excluding carboxylic acids is 1. The van der Waals surface area contributed by atoms with Crippen LogP contribution < -0.4 is 5.32 Å². The molecule has 0 heterocycles. The Balaban J connectivity index is 2.45. The molecule has 0 bridgehead atoms. The molecule has 6 heteroatoms. The number of amides is 1. The highest BCUT2D eigenvalue weighted by atomic mass is 32.2. The first-order chi connectivity index (χ1) is 11.9. The minimum atomic E-state index is -0.543. The monoisotopic (exact) mass is 362 g/mol. The van der Waals surface area contributed by atoms with Crippen molar-refractivity contribution in [2.45, 2.75) is 45.4 Å². The third-order valence-electron chi connectivity index (χ3n) is 3.00. The third kappa shape index (κ3) is 11.2. The summed E-state index contributed by atoms with van der Waals surface area (Å²) in [7, 11) is 0. The van der Waals surface area contributed by atoms with E-state index in [-0.39, 0.29) is 6.04 Å². The Bertz CT molecular complexity index is 577. The van der Waals surface area contributed by atoms with Crippen molar-refractivity contribution >= 4 is 17.9 Å². The van der Waals surface area contributed by atoms with Crippen LogP contribution in [-0.2, 0) is 16.1 Å². The van der Waals surface area contributed by atoms with Gasteiger partial charge in [-0.3, -0.25) is 0 Å². The molecule has 0 aliphatic carbocycles. The number of alkyl carbamates (subject to hydrolysis) is 1. The van der Waals surface area contributed by atoms with Crippen molar-refractivity contribution in [3.05, 3.63) is 48.0 Å². The standard InChI is InChI=1S/C19H26N2O3S/c1-19(2,3)24-18(22)21-17(10-7-13-25-15-20)11-12-23-14-16-8-5-4-6-9-16/h4-10,17H,11-14H2,1-3H3,(H,21,22)/b10-7+/t17-/m0/s1. The summed E-state index contributed by atoms with van der Waals surface area (Å²) in [5, 5.41) is 13.4. The van der Waals surface area contributed by atoms with Crippen LogP contribution in [-0.4, -0.2) is 30.1 Å². The molecule has 0 aliphatic heterocycles. The number of nitrogens with zero attached hydrogens (tertiary/aromatic N) is 1. The van der Waals surface area contributed by atoms with E-state index in [4.69, 9.17) is 14.7 Å². The molecule has 0 fully saturated rings. The molecule has 0 aliphatic rings. The van der Waals surface area contributed by atoms with E-state index in [1.54, 1.807) is 0 Å². The maximum absolute atomic E-state index is 11.9. The molecular formula is C19H26N2O3S. The van der Waals surface area contributed by atoms with Gasteiger partial charge in [0.05, 0.1) is 12.6 Å². The molecule has 136 valence electrons. The molecule has 5 nitrogen and oxygen atoms in total. The zero-order valence-corrected chi connectivity index (χ0v) is 15.8. The molecule has 0 saturated carbocycles. The molecule has 0 unspecified atom stereocenters. The number of hydrogen-bond donors (Lipinski definition) is 1. The molecule has 0 saturated heterocycles. The summed E-state index contributed by atoms with van der Waals surface area (Å²) in [5.41, 5.74) is 0.568. The highest BCUT2D eigenvalue weighted by molar-refractivity contribution is 8.03. The Morgan fingerprint density at radius 3 is 2.72 bits per heavy atom. The number of nitrogens with one attached hydrogen (secondary N) is 1. The maximum atomic E-state index is 11.9. The van der Waals surface area contributed by atoms with Gasteiger partial charge in [-0.05, 0) is 44.5 Å². The van der Waals surface area contributed by atoms with E-state index >= 15 is 0 Å². The molecule has 0 radical (unpaired) electrons. The summed E-state index contributed by atoms with van der Waals surface area (Å²) < 4.78 is 11.0. The van der Waals surface area contributed by atoms with Crippen molar-refractivity contribution in [2.24, 2.45) is 0 Å². The van der Waals surface area contributed by atoms with Crippen LogP contribution in [0.15, 0.2) is 42.5 Å². The van der Waals surface area contributed by atoms with Gasteiger partial charge in [0.1, 0.15) is 11.0 Å². The van der Waals surface area contributed by atoms with Gasteiger partial charge >= 0.3 is 6.09 Å². The number of carbonyl (C=O) groups is 1. The van der Waals surface area contributed by atoms with E-state index in [1.165, 1.54) is 0 Å². The minimum absolute atomic E-state index is 0.204. The Hall–Kier alpha value is -1.97. The molecule has 1 N–H and O–H groups in total. The Kier molecular flexibility index (Phi) is 9.75. The van der Waals surface area contributed by atoms with Gasteiger partial charge in [0.25, 0.3) is 0 Å². The molecule has 0 spiro atoms. The topological polar surface area (TPSA) is 71.3 Å². The van der Waals surface area contributed by atoms with E-state index in [0.29, 0.717) is 25.4 Å². The lowest BCUT2D eigenvalue weighted by Crippen LogP contribution is -2.38. The molecule has 0 aromatic heterocycles. The zero-order valence-electron chi connectivity index (χ0n) is 15.0. The number of thioether (sulfide) groups is 1. The van der Waals surface area contributed by atoms with Crippen LogP contribution in [0.1, 0.15) is 32.8 Å². The van der Waals surface area contributed by atoms with Crippen molar-refractivity contribution in [1.82, 2.24) is 5.32 Å². The third-order valence-corrected chi connectivity index (χ3v) is 3.49. The number of rotatable bonds is 9. The molecule has 1 atom stereocenters. The van der Waals surface area contributed by atoms with Gasteiger partial charge in [0.15, 0.2) is 0 Å². The highest BCUT2D eigenvalue weighted by Gasteiger charge is 2.18. The number of ether oxygens (including phenoxy) is 2. The Morgan fingerprint density at radius 1 is 1.36 bits per heavy atom. The summed E-state index contributed by atoms with van der Waals surface area (Å²) in [6.07, 6.45) is 3.91. The molecule has 1 amide bonds. The van der Waals surface area contributed by atoms with Crippen LogP contribution in [0, 0.1) is 10.7 Å². The maximum Gasteiger partial charge on any atom is 0.408 e. The Morgan fingerprint density at radius 2 is 2.08 bits per heavy atom. The van der Waals surface area contributed by atoms with E-state index in [2.05, 4.69) is 5.32 Å². The lowest BCUT2D eigenvalue weighted by atomic mass is 10.2. The van der Waals surface area contributed by atoms with E-state index in [9.17, 15) is 4.79 Å². The SMILES string of the molecule is CC(C)(C)OC(=O)N[C@@H](/C=C/CSC#N)CCOCc1ccccc1. The van der Waals surface area contributed by atoms with Crippen LogP contribution >= 0.6 is 11.8 Å². The minimum Gasteiger partial charge on any atom is -0.444 e. The van der Waals surface area contributed by atoms with E-state index in [1.807, 2.05) is 68.7 Å². The normalized spacial score (nSPS) is 12.6. The average molecular weight is 362 g/mol. The fraction of sp³-hybridized carbons (Fsp3) is 0.474. The van der Waals surface area contributed by atoms with Gasteiger partial charge in [0.2, 0.25) is 0 Å². The molecular weight excluding hydrogens is 336 g/mol. The van der Waals surface area contributed by atoms with Gasteiger partial charge in [-0.2, -0.15) is 5.26 Å². The molecule has 1 aromatic rings. The fourth-order valence-electron chi connectivity index (χ4n) is 1.96. The fourth-order valence-corrected chi connectivity index (χ4v) is 2.24. The number of nitriles is 1. The Labute approximate surface area is 154 Å². The van der Waals surface area contributed by atoms with Crippen molar-refractivity contribution in [2.75, 3.05) is 12.4 Å². The smallest absolute Gasteiger partial charge is 0.408 e. The predicted molar refractivity (Wildman–Crippen MR) is 101 cm³/mol. The van der Waals surface area contributed by atoms with Gasteiger partial charge < -0.3 is 14.8 Å². The van der Waals surface area contributed by atoms with Crippen LogP contribution in [0.4, 0.5) is 4.79 Å². The van der Waals surface area contributed by atoms with Crippen LogP contribution in [0.3, 0.4) is 0 Å². The van der Waals surface area contributed by atoms with Crippen molar-refractivity contribution < 1.29 is 14.3 Å². The average Bonchev–Trinajstić information content (AvgIpc) is 2.54. The van der Waals surface area contributed by atoms with Crippen LogP contribution in [0.25, 0.3) is 0 Å². The lowest BCUT2D eigenvalue weighted by molar-refractivity contribution is 0.0498. The van der Waals surface area contributed by atoms with Crippen molar-refractivity contribution in [1.29, 1.82) is 5.26 Å². The predicted octanol–water partition coefficient (Wildman–Crippen LogP) is 4.26. The second-order valence-corrected chi connectivity index (χ2v) is 7.21. The second kappa shape index (κ2) is 11.6. The summed E-state index contributed by atoms with van der Waals surface area (Å²) in [5.74, 6) is 0.577. The molecule has 25 heavy (non-hydrogen) atoms. The first-order valence-corrected chi connectivity index (χ1v) is 9.18. The van der Waals surface area contributed by atoms with Crippen molar-refractivity contribution in [3.63, 3.8) is 0 Å². The van der Waals surface area contributed by atoms with Gasteiger partial charge in [-0.1, -0.05) is 42.5 Å². The van der Waals surface area contributed by atoms with Crippen molar-refractivity contribution in [3.8, 4) is 5.40 Å². The van der Waals surface area contributed by atoms with E-state index in [0.717, 1.165) is 17.3 Å². The first-order valence-electron chi connectivity index (χ1n) is 8.19. The number of benzene rings is 1. The van der Waals surface area contributed by atoms with Gasteiger partial charge in [-0.15, -0.1) is 0 Å². The summed E-state index contributed by atoms with van der Waals surface area (Å²) in [6, 6.07) is 9.73. The summed E-state index contributed by atoms with van der Waals surface area (Å²) >= 11 is 1.15. The number of hydrogen-bond acceptors (Lipinski definition) is 5. The molecule has 1 rings (SSSR count). The van der Waals surface area contributed by atoms with Crippen LogP contribution in [0.2, 0.25) is 0 Å². The molecule has 1 aromatic carbocycles. The quantitative estimate of drug-likeness (QED) is 0.404. The largest absolute Gasteiger partial charge is 0.444 e. The summed E-state index contributed by atoms with van der Waals surface area (Å²) in [4.78, 5) is 11.9. The number of thiocyanates is 1. The summed E-state index contributed by atoms with van der Waals surface area (Å²) in [6.45, 7) is 6.51. The van der Waals surface area contributed by atoms with Gasteiger partial charge in [0, 0.05) is 12.4 Å². The van der Waals surface area contributed by atoms with E-state index < -0.39 is 11.7 Å². The second-order valence-electron chi connectivity index (χ2n) is 6.41.